The van der Waals surface area contributed by atoms with E-state index < -0.39 is 5.60 Å². The number of ether oxygens (including phenoxy) is 1. The fraction of sp³-hybridized carbons (Fsp3) is 0.615. The van der Waals surface area contributed by atoms with Crippen LogP contribution in [0.1, 0.15) is 32.1 Å². The highest BCUT2D eigenvalue weighted by Gasteiger charge is 2.57. The fourth-order valence-corrected chi connectivity index (χ4v) is 3.58. The van der Waals surface area contributed by atoms with Gasteiger partial charge < -0.3 is 9.57 Å². The zero-order chi connectivity index (χ0) is 11.5. The molecular weight excluding hydrogens is 218 g/mol. The van der Waals surface area contributed by atoms with Crippen molar-refractivity contribution in [2.24, 2.45) is 0 Å². The van der Waals surface area contributed by atoms with Crippen molar-refractivity contribution in [3.63, 3.8) is 0 Å². The van der Waals surface area contributed by atoms with Gasteiger partial charge in [-0.3, -0.25) is 0 Å². The van der Waals surface area contributed by atoms with Crippen LogP contribution in [0.2, 0.25) is 0 Å². The van der Waals surface area contributed by atoms with E-state index in [1.165, 1.54) is 6.42 Å². The van der Waals surface area contributed by atoms with Crippen molar-refractivity contribution in [3.05, 3.63) is 23.5 Å². The first-order chi connectivity index (χ1) is 8.28. The van der Waals surface area contributed by atoms with E-state index in [1.54, 1.807) is 6.08 Å². The van der Waals surface area contributed by atoms with Crippen LogP contribution in [0.15, 0.2) is 23.5 Å². The molecule has 2 saturated heterocycles. The van der Waals surface area contributed by atoms with Gasteiger partial charge in [0.15, 0.2) is 5.60 Å². The summed E-state index contributed by atoms with van der Waals surface area (Å²) in [7, 11) is 0. The summed E-state index contributed by atoms with van der Waals surface area (Å²) >= 11 is 0. The molecule has 3 aliphatic heterocycles. The molecule has 4 heteroatoms. The Morgan fingerprint density at radius 2 is 2.35 bits per heavy atom. The van der Waals surface area contributed by atoms with Gasteiger partial charge in [0.05, 0.1) is 12.5 Å². The predicted molar refractivity (Wildman–Crippen MR) is 59.7 cm³/mol. The molecule has 4 nitrogen and oxygen atoms in total. The molecule has 1 aliphatic carbocycles. The summed E-state index contributed by atoms with van der Waals surface area (Å²) in [5.74, 6) is 0.789. The lowest BCUT2D eigenvalue weighted by molar-refractivity contribution is -0.245. The highest BCUT2D eigenvalue weighted by atomic mass is 16.7. The van der Waals surface area contributed by atoms with E-state index in [0.29, 0.717) is 0 Å². The van der Waals surface area contributed by atoms with E-state index in [1.807, 2.05) is 5.06 Å². The molecule has 0 aromatic rings. The predicted octanol–water partition coefficient (Wildman–Crippen LogP) is 1.69. The van der Waals surface area contributed by atoms with Gasteiger partial charge in [0.1, 0.15) is 5.76 Å². The Morgan fingerprint density at radius 1 is 1.41 bits per heavy atom. The van der Waals surface area contributed by atoms with Crippen LogP contribution < -0.4 is 0 Å². The van der Waals surface area contributed by atoms with Crippen molar-refractivity contribution in [1.29, 1.82) is 0 Å². The number of fused-ring (bicyclic) bond motifs is 2. The maximum absolute atomic E-state index is 11.6. The summed E-state index contributed by atoms with van der Waals surface area (Å²) in [5, 5.41) is 2.03. The standard InChI is InChI=1S/C13H15NO3/c15-12-7-9-4-5-10-8-13(9,16-12)11-3-1-2-6-14(11)17-10/h5,7,11H,1-4,6,8H2. The average molecular weight is 233 g/mol. The van der Waals surface area contributed by atoms with E-state index in [9.17, 15) is 4.79 Å². The molecule has 2 atom stereocenters. The summed E-state index contributed by atoms with van der Waals surface area (Å²) in [5.41, 5.74) is 0.742. The third-order valence-corrected chi connectivity index (χ3v) is 4.33. The van der Waals surface area contributed by atoms with Gasteiger partial charge in [-0.15, -0.1) is 5.06 Å². The molecule has 0 amide bonds. The maximum atomic E-state index is 11.6. The van der Waals surface area contributed by atoms with E-state index in [2.05, 4.69) is 6.08 Å². The van der Waals surface area contributed by atoms with Crippen molar-refractivity contribution in [1.82, 2.24) is 5.06 Å². The van der Waals surface area contributed by atoms with Crippen LogP contribution in [-0.2, 0) is 14.4 Å². The Hall–Kier alpha value is -1.29. The minimum Gasteiger partial charge on any atom is -0.449 e. The zero-order valence-electron chi connectivity index (χ0n) is 9.65. The van der Waals surface area contributed by atoms with Gasteiger partial charge in [-0.1, -0.05) is 6.42 Å². The van der Waals surface area contributed by atoms with Crippen LogP contribution in [0.25, 0.3) is 0 Å². The first-order valence-corrected chi connectivity index (χ1v) is 6.36. The van der Waals surface area contributed by atoms with Gasteiger partial charge in [0.25, 0.3) is 0 Å². The first-order valence-electron chi connectivity index (χ1n) is 6.36. The summed E-state index contributed by atoms with van der Waals surface area (Å²) in [6, 6.07) is 0.214. The molecule has 90 valence electrons. The van der Waals surface area contributed by atoms with Crippen LogP contribution in [-0.4, -0.2) is 29.2 Å². The molecule has 2 unspecified atom stereocenters. The van der Waals surface area contributed by atoms with Crippen molar-refractivity contribution in [2.75, 3.05) is 6.54 Å². The Bertz CT molecular complexity index is 454. The molecular formula is C13H15NO3. The number of nitrogens with zero attached hydrogens (tertiary/aromatic N) is 1. The lowest BCUT2D eigenvalue weighted by atomic mass is 9.74. The first kappa shape index (κ1) is 9.71. The maximum Gasteiger partial charge on any atom is 0.331 e. The number of allylic oxidation sites excluding steroid dienone is 1. The average Bonchev–Trinajstić information content (AvgIpc) is 2.65. The number of piperidine rings is 1. The number of carbonyl (C=O) groups excluding carboxylic acids is 1. The van der Waals surface area contributed by atoms with Crippen molar-refractivity contribution in [2.45, 2.75) is 43.7 Å². The smallest absolute Gasteiger partial charge is 0.331 e. The van der Waals surface area contributed by atoms with Crippen molar-refractivity contribution >= 4 is 5.97 Å². The number of esters is 1. The molecule has 17 heavy (non-hydrogen) atoms. The summed E-state index contributed by atoms with van der Waals surface area (Å²) in [6.45, 7) is 0.939. The van der Waals surface area contributed by atoms with Gasteiger partial charge in [0.2, 0.25) is 0 Å². The second-order valence-corrected chi connectivity index (χ2v) is 5.28. The van der Waals surface area contributed by atoms with Crippen LogP contribution in [0.5, 0.6) is 0 Å². The molecule has 2 fully saturated rings. The minimum absolute atomic E-state index is 0.179. The number of carbonyl (C=O) groups is 1. The highest BCUT2D eigenvalue weighted by Crippen LogP contribution is 2.50. The Morgan fingerprint density at radius 3 is 3.29 bits per heavy atom. The highest BCUT2D eigenvalue weighted by molar-refractivity contribution is 5.87. The second-order valence-electron chi connectivity index (χ2n) is 5.28. The van der Waals surface area contributed by atoms with Gasteiger partial charge >= 0.3 is 5.97 Å². The Balaban J connectivity index is 1.81. The van der Waals surface area contributed by atoms with E-state index in [4.69, 9.17) is 9.57 Å². The molecule has 4 aliphatic rings. The third-order valence-electron chi connectivity index (χ3n) is 4.33. The molecule has 0 saturated carbocycles. The molecule has 4 rings (SSSR count). The van der Waals surface area contributed by atoms with Gasteiger partial charge in [0, 0.05) is 12.6 Å². The van der Waals surface area contributed by atoms with Gasteiger partial charge in [-0.25, -0.2) is 4.79 Å². The van der Waals surface area contributed by atoms with Crippen LogP contribution in [0.3, 0.4) is 0 Å². The number of hydroxylamine groups is 2. The minimum atomic E-state index is -0.403. The fourth-order valence-electron chi connectivity index (χ4n) is 3.58. The van der Waals surface area contributed by atoms with Gasteiger partial charge in [-0.2, -0.15) is 0 Å². The quantitative estimate of drug-likeness (QED) is 0.597. The molecule has 0 aromatic heterocycles. The largest absolute Gasteiger partial charge is 0.449 e. The molecule has 0 N–H and O–H groups in total. The third kappa shape index (κ3) is 1.19. The Labute approximate surface area is 99.8 Å². The van der Waals surface area contributed by atoms with Gasteiger partial charge in [-0.05, 0) is 30.9 Å². The second kappa shape index (κ2) is 3.13. The monoisotopic (exact) mass is 233 g/mol. The normalized spacial score (nSPS) is 39.5. The zero-order valence-corrected chi connectivity index (χ0v) is 9.65. The molecule has 0 aromatic carbocycles. The molecule has 2 bridgehead atoms. The SMILES string of the molecule is O=C1C=C2CC=C3CC2(O1)C1CCCCN1O3. The lowest BCUT2D eigenvalue weighted by Crippen LogP contribution is -2.60. The summed E-state index contributed by atoms with van der Waals surface area (Å²) in [4.78, 5) is 17.5. The number of hydrogen-bond donors (Lipinski definition) is 0. The number of hydrogen-bond acceptors (Lipinski definition) is 4. The lowest BCUT2D eigenvalue weighted by Gasteiger charge is -2.51. The Kier molecular flexibility index (Phi) is 1.79. The van der Waals surface area contributed by atoms with E-state index in [0.717, 1.165) is 43.6 Å². The topological polar surface area (TPSA) is 38.8 Å². The van der Waals surface area contributed by atoms with Crippen LogP contribution >= 0.6 is 0 Å². The molecule has 1 spiro atoms. The van der Waals surface area contributed by atoms with Crippen molar-refractivity contribution in [3.8, 4) is 0 Å². The summed E-state index contributed by atoms with van der Waals surface area (Å²) < 4.78 is 5.70. The van der Waals surface area contributed by atoms with Crippen LogP contribution in [0, 0.1) is 0 Å². The molecule has 0 radical (unpaired) electrons. The van der Waals surface area contributed by atoms with E-state index >= 15 is 0 Å². The van der Waals surface area contributed by atoms with Crippen LogP contribution in [0.4, 0.5) is 0 Å². The number of rotatable bonds is 0. The summed E-state index contributed by atoms with van der Waals surface area (Å²) in [6.07, 6.45) is 8.69. The van der Waals surface area contributed by atoms with Crippen molar-refractivity contribution < 1.29 is 14.4 Å². The molecule has 3 heterocycles. The van der Waals surface area contributed by atoms with E-state index in [-0.39, 0.29) is 12.0 Å².